The third-order valence-corrected chi connectivity index (χ3v) is 4.64. The Hall–Kier alpha value is -1.64. The second-order valence-electron chi connectivity index (χ2n) is 4.77. The van der Waals surface area contributed by atoms with Crippen LogP contribution in [0.5, 0.6) is 5.75 Å². The molecule has 0 aliphatic carbocycles. The molecule has 1 aromatic rings. The molecule has 21 heavy (non-hydrogen) atoms. The van der Waals surface area contributed by atoms with Gasteiger partial charge in [0.15, 0.2) is 0 Å². The van der Waals surface area contributed by atoms with Gasteiger partial charge >= 0.3 is 0 Å². The van der Waals surface area contributed by atoms with E-state index in [1.54, 1.807) is 18.9 Å². The summed E-state index contributed by atoms with van der Waals surface area (Å²) in [7, 11) is 1.59. The maximum Gasteiger partial charge on any atom is 0.237 e. The zero-order chi connectivity index (χ0) is 15.1. The fraction of sp³-hybridized carbons (Fsp3) is 0.438. The summed E-state index contributed by atoms with van der Waals surface area (Å²) in [5.74, 6) is 7.51. The van der Waals surface area contributed by atoms with Gasteiger partial charge in [-0.2, -0.15) is 0 Å². The lowest BCUT2D eigenvalue weighted by Gasteiger charge is -2.21. The van der Waals surface area contributed by atoms with Crippen molar-refractivity contribution >= 4 is 23.4 Å². The molecular weight excluding hydrogens is 284 g/mol. The van der Waals surface area contributed by atoms with Gasteiger partial charge < -0.3 is 15.8 Å². The van der Waals surface area contributed by atoms with E-state index in [4.69, 9.17) is 10.5 Å². The van der Waals surface area contributed by atoms with Crippen LogP contribution >= 0.6 is 11.8 Å². The van der Waals surface area contributed by atoms with Crippen molar-refractivity contribution in [2.24, 2.45) is 5.73 Å². The normalized spacial score (nSPS) is 17.5. The smallest absolute Gasteiger partial charge is 0.237 e. The predicted octanol–water partition coefficient (Wildman–Crippen LogP) is 2.23. The summed E-state index contributed by atoms with van der Waals surface area (Å²) >= 11 is 1.72. The Morgan fingerprint density at radius 3 is 3.05 bits per heavy atom. The first-order valence-corrected chi connectivity index (χ1v) is 8.09. The molecule has 1 atom stereocenters. The fourth-order valence-electron chi connectivity index (χ4n) is 2.20. The number of ether oxygens (including phenoxy) is 1. The summed E-state index contributed by atoms with van der Waals surface area (Å²) in [6, 6.07) is 5.49. The molecule has 1 aliphatic heterocycles. The number of rotatable bonds is 3. The second kappa shape index (κ2) is 7.96. The first-order chi connectivity index (χ1) is 10.2. The lowest BCUT2D eigenvalue weighted by atomic mass is 10.1. The van der Waals surface area contributed by atoms with E-state index in [0.717, 1.165) is 24.2 Å². The number of nitrogens with one attached hydrogen (secondary N) is 1. The number of carbonyl (C=O) groups excluding carboxylic acids is 1. The van der Waals surface area contributed by atoms with E-state index in [9.17, 15) is 4.79 Å². The summed E-state index contributed by atoms with van der Waals surface area (Å²) < 4.78 is 5.30. The minimum absolute atomic E-state index is 0.0299. The van der Waals surface area contributed by atoms with Crippen LogP contribution in [0.2, 0.25) is 0 Å². The van der Waals surface area contributed by atoms with Crippen molar-refractivity contribution in [3.63, 3.8) is 0 Å². The third-order valence-electron chi connectivity index (χ3n) is 3.26. The summed E-state index contributed by atoms with van der Waals surface area (Å²) in [4.78, 5) is 12.3. The summed E-state index contributed by atoms with van der Waals surface area (Å²) in [6.07, 6.45) is 3.25. The lowest BCUT2D eigenvalue weighted by Crippen LogP contribution is -2.27. The third kappa shape index (κ3) is 4.42. The highest BCUT2D eigenvalue weighted by molar-refractivity contribution is 8.00. The number of nitrogens with two attached hydrogens (primary N) is 1. The molecule has 0 saturated carbocycles. The molecule has 1 unspecified atom stereocenters. The molecule has 0 aromatic heterocycles. The van der Waals surface area contributed by atoms with Crippen LogP contribution in [-0.4, -0.2) is 30.6 Å². The molecule has 3 N–H and O–H groups in total. The highest BCUT2D eigenvalue weighted by Crippen LogP contribution is 2.29. The number of thioether (sulfide) groups is 1. The van der Waals surface area contributed by atoms with E-state index in [2.05, 4.69) is 17.2 Å². The first-order valence-electron chi connectivity index (χ1n) is 7.04. The van der Waals surface area contributed by atoms with Crippen LogP contribution in [0.3, 0.4) is 0 Å². The average molecular weight is 304 g/mol. The molecule has 0 bridgehead atoms. The maximum atomic E-state index is 12.3. The van der Waals surface area contributed by atoms with Crippen LogP contribution in [-0.2, 0) is 4.79 Å². The van der Waals surface area contributed by atoms with Gasteiger partial charge in [0.25, 0.3) is 0 Å². The highest BCUT2D eigenvalue weighted by Gasteiger charge is 2.22. The van der Waals surface area contributed by atoms with Crippen LogP contribution in [0, 0.1) is 11.8 Å². The number of benzene rings is 1. The summed E-state index contributed by atoms with van der Waals surface area (Å²) in [6.45, 7) is 0.312. The SMILES string of the molecule is COc1ccc(C#CCN)cc1NC(=O)C1CCCCS1. The molecule has 2 rings (SSSR count). The van der Waals surface area contributed by atoms with E-state index in [-0.39, 0.29) is 11.2 Å². The van der Waals surface area contributed by atoms with E-state index in [1.165, 1.54) is 6.42 Å². The van der Waals surface area contributed by atoms with E-state index in [1.807, 2.05) is 18.2 Å². The monoisotopic (exact) mass is 304 g/mol. The molecule has 1 fully saturated rings. The molecule has 0 spiro atoms. The number of amides is 1. The molecule has 112 valence electrons. The van der Waals surface area contributed by atoms with Crippen molar-refractivity contribution in [3.05, 3.63) is 23.8 Å². The largest absolute Gasteiger partial charge is 0.495 e. The predicted molar refractivity (Wildman–Crippen MR) is 87.7 cm³/mol. The van der Waals surface area contributed by atoms with Crippen molar-refractivity contribution in [3.8, 4) is 17.6 Å². The number of anilines is 1. The zero-order valence-corrected chi connectivity index (χ0v) is 13.0. The Morgan fingerprint density at radius 1 is 1.52 bits per heavy atom. The lowest BCUT2D eigenvalue weighted by molar-refractivity contribution is -0.115. The topological polar surface area (TPSA) is 64.3 Å². The van der Waals surface area contributed by atoms with Crippen LogP contribution in [0.25, 0.3) is 0 Å². The summed E-state index contributed by atoms with van der Waals surface area (Å²) in [5.41, 5.74) is 6.86. The Kier molecular flexibility index (Phi) is 5.97. The van der Waals surface area contributed by atoms with Gasteiger partial charge in [0.1, 0.15) is 5.75 Å². The van der Waals surface area contributed by atoms with Gasteiger partial charge in [-0.15, -0.1) is 11.8 Å². The quantitative estimate of drug-likeness (QED) is 0.841. The standard InChI is InChI=1S/C16H20N2O2S/c1-20-14-8-7-12(5-4-9-17)11-13(14)18-16(19)15-6-2-3-10-21-15/h7-8,11,15H,2-3,6,9-10,17H2,1H3,(H,18,19). The first kappa shape index (κ1) is 15.7. The van der Waals surface area contributed by atoms with Crippen molar-refractivity contribution in [2.75, 3.05) is 24.7 Å². The average Bonchev–Trinajstić information content (AvgIpc) is 2.54. The molecule has 1 aromatic carbocycles. The van der Waals surface area contributed by atoms with Crippen LogP contribution in [0.1, 0.15) is 24.8 Å². The minimum Gasteiger partial charge on any atom is -0.495 e. The molecule has 1 saturated heterocycles. The fourth-order valence-corrected chi connectivity index (χ4v) is 3.40. The van der Waals surface area contributed by atoms with Gasteiger partial charge in [0, 0.05) is 5.56 Å². The van der Waals surface area contributed by atoms with Gasteiger partial charge in [0.2, 0.25) is 5.91 Å². The van der Waals surface area contributed by atoms with Crippen molar-refractivity contribution < 1.29 is 9.53 Å². The van der Waals surface area contributed by atoms with Crippen LogP contribution in [0.15, 0.2) is 18.2 Å². The molecule has 1 amide bonds. The molecule has 4 nitrogen and oxygen atoms in total. The van der Waals surface area contributed by atoms with Crippen LogP contribution in [0.4, 0.5) is 5.69 Å². The maximum absolute atomic E-state index is 12.3. The number of methoxy groups -OCH3 is 1. The summed E-state index contributed by atoms with van der Waals surface area (Å²) in [5, 5.41) is 2.99. The highest BCUT2D eigenvalue weighted by atomic mass is 32.2. The van der Waals surface area contributed by atoms with Gasteiger partial charge in [-0.1, -0.05) is 18.3 Å². The van der Waals surface area contributed by atoms with Gasteiger partial charge in [-0.25, -0.2) is 0 Å². The minimum atomic E-state index is 0.0299. The molecular formula is C16H20N2O2S. The molecule has 5 heteroatoms. The van der Waals surface area contributed by atoms with E-state index in [0.29, 0.717) is 18.0 Å². The van der Waals surface area contributed by atoms with Crippen molar-refractivity contribution in [1.82, 2.24) is 0 Å². The van der Waals surface area contributed by atoms with Gasteiger partial charge in [-0.05, 0) is 36.8 Å². The van der Waals surface area contributed by atoms with Crippen molar-refractivity contribution in [1.29, 1.82) is 0 Å². The van der Waals surface area contributed by atoms with Crippen LogP contribution < -0.4 is 15.8 Å². The number of hydrogen-bond acceptors (Lipinski definition) is 4. The number of carbonyl (C=O) groups is 1. The van der Waals surface area contributed by atoms with E-state index < -0.39 is 0 Å². The number of hydrogen-bond donors (Lipinski definition) is 2. The van der Waals surface area contributed by atoms with Gasteiger partial charge in [-0.3, -0.25) is 4.79 Å². The molecule has 0 radical (unpaired) electrons. The second-order valence-corrected chi connectivity index (χ2v) is 6.08. The molecule has 1 aliphatic rings. The Bertz CT molecular complexity index is 557. The van der Waals surface area contributed by atoms with Crippen molar-refractivity contribution in [2.45, 2.75) is 24.5 Å². The Morgan fingerprint density at radius 2 is 2.38 bits per heavy atom. The zero-order valence-electron chi connectivity index (χ0n) is 12.1. The molecule has 1 heterocycles. The van der Waals surface area contributed by atoms with Gasteiger partial charge in [0.05, 0.1) is 24.6 Å². The Labute approximate surface area is 129 Å². The Balaban J connectivity index is 2.14. The van der Waals surface area contributed by atoms with E-state index >= 15 is 0 Å².